The van der Waals surface area contributed by atoms with Crippen LogP contribution in [0, 0.1) is 13.8 Å². The van der Waals surface area contributed by atoms with E-state index in [-0.39, 0.29) is 0 Å². The third-order valence-electron chi connectivity index (χ3n) is 20.6. The van der Waals surface area contributed by atoms with Crippen LogP contribution in [0.3, 0.4) is 0 Å². The molecule has 0 aliphatic rings. The van der Waals surface area contributed by atoms with Crippen LogP contribution in [0.15, 0.2) is 353 Å². The maximum absolute atomic E-state index is 5.24. The molecule has 108 heavy (non-hydrogen) atoms. The second-order valence-electron chi connectivity index (χ2n) is 27.4. The van der Waals surface area contributed by atoms with Gasteiger partial charge in [-0.05, 0) is 201 Å². The number of fused-ring (bicyclic) bond motifs is 12. The van der Waals surface area contributed by atoms with E-state index in [9.17, 15) is 0 Å². The third-order valence-corrected chi connectivity index (χ3v) is 20.6. The molecule has 0 N–H and O–H groups in total. The fourth-order valence-electron chi connectivity index (χ4n) is 15.6. The lowest BCUT2D eigenvalue weighted by Crippen LogP contribution is -1.97. The van der Waals surface area contributed by atoms with Crippen LogP contribution in [0.25, 0.3) is 189 Å². The summed E-state index contributed by atoms with van der Waals surface area (Å²) in [6.45, 7) is 4.26. The van der Waals surface area contributed by atoms with Gasteiger partial charge in [0.2, 0.25) is 0 Å². The highest BCUT2D eigenvalue weighted by Crippen LogP contribution is 2.40. The summed E-state index contributed by atoms with van der Waals surface area (Å²) in [5, 5.41) is 6.98. The lowest BCUT2D eigenvalue weighted by Gasteiger charge is -2.14. The van der Waals surface area contributed by atoms with Crippen molar-refractivity contribution in [3.8, 4) is 102 Å². The van der Waals surface area contributed by atoms with E-state index in [1.165, 1.54) is 27.4 Å². The van der Waals surface area contributed by atoms with Crippen molar-refractivity contribution in [2.45, 2.75) is 13.8 Å². The molecule has 0 aliphatic carbocycles. The molecule has 0 bridgehead atoms. The molecular weight excluding hydrogens is 1320 g/mol. The zero-order valence-electron chi connectivity index (χ0n) is 58.9. The van der Waals surface area contributed by atoms with Crippen molar-refractivity contribution < 1.29 is 0 Å². The molecule has 0 unspecified atom stereocenters. The lowest BCUT2D eigenvalue weighted by molar-refractivity contribution is 1.17. The van der Waals surface area contributed by atoms with E-state index in [1.54, 1.807) is 0 Å². The summed E-state index contributed by atoms with van der Waals surface area (Å²) in [5.41, 5.74) is 31.0. The van der Waals surface area contributed by atoms with Crippen molar-refractivity contribution in [1.29, 1.82) is 0 Å². The molecule has 0 radical (unpaired) electrons. The topological polar surface area (TPSA) is 123 Å². The van der Waals surface area contributed by atoms with Gasteiger partial charge < -0.3 is 18.3 Å². The molecule has 0 saturated carbocycles. The van der Waals surface area contributed by atoms with Crippen LogP contribution >= 0.6 is 0 Å². The summed E-state index contributed by atoms with van der Waals surface area (Å²) in [6.07, 6.45) is 11.4. The minimum Gasteiger partial charge on any atom is -0.309 e. The van der Waals surface area contributed by atoms with Gasteiger partial charge in [0.25, 0.3) is 0 Å². The summed E-state index contributed by atoms with van der Waals surface area (Å²) < 4.78 is 9.21. The minimum absolute atomic E-state index is 0.812. The molecule has 0 aliphatic heterocycles. The van der Waals surface area contributed by atoms with E-state index in [0.29, 0.717) is 0 Å². The average molecular weight is 1390 g/mol. The smallest absolute Gasteiger partial charge is 0.0963 e. The van der Waals surface area contributed by atoms with E-state index in [1.807, 2.05) is 73.6 Å². The fraction of sp³-hybridized carbons (Fsp3) is 0.0208. The lowest BCUT2D eigenvalue weighted by atomic mass is 10.00. The normalized spacial score (nSPS) is 11.6. The molecule has 21 aromatic rings. The molecule has 12 heteroatoms. The Morgan fingerprint density at radius 3 is 1.10 bits per heavy atom. The van der Waals surface area contributed by atoms with Gasteiger partial charge in [0.15, 0.2) is 0 Å². The van der Waals surface area contributed by atoms with Gasteiger partial charge in [-0.2, -0.15) is 0 Å². The molecular formula is C96H64N12. The molecule has 9 aromatic carbocycles. The average Bonchev–Trinajstić information content (AvgIpc) is 1.63. The molecule has 12 nitrogen and oxygen atoms in total. The van der Waals surface area contributed by atoms with Crippen molar-refractivity contribution >= 4 is 87.5 Å². The third kappa shape index (κ3) is 11.1. The van der Waals surface area contributed by atoms with Crippen LogP contribution in [0.5, 0.6) is 0 Å². The second-order valence-corrected chi connectivity index (χ2v) is 27.4. The van der Waals surface area contributed by atoms with Gasteiger partial charge in [0.05, 0.1) is 101 Å². The van der Waals surface area contributed by atoms with Crippen LogP contribution in [-0.2, 0) is 0 Å². The number of pyridine rings is 8. The minimum atomic E-state index is 0.812. The van der Waals surface area contributed by atoms with Gasteiger partial charge >= 0.3 is 0 Å². The molecule has 0 atom stereocenters. The van der Waals surface area contributed by atoms with Crippen LogP contribution < -0.4 is 0 Å². The monoisotopic (exact) mass is 1380 g/mol. The van der Waals surface area contributed by atoms with Crippen molar-refractivity contribution in [3.05, 3.63) is 364 Å². The van der Waals surface area contributed by atoms with Gasteiger partial charge in [-0.1, -0.05) is 151 Å². The molecule has 21 rings (SSSR count). The van der Waals surface area contributed by atoms with E-state index in [2.05, 4.69) is 321 Å². The van der Waals surface area contributed by atoms with Crippen molar-refractivity contribution in [2.24, 2.45) is 0 Å². The summed E-state index contributed by atoms with van der Waals surface area (Å²) in [7, 11) is 0. The molecule has 0 saturated heterocycles. The second kappa shape index (κ2) is 26.3. The van der Waals surface area contributed by atoms with E-state index >= 15 is 0 Å². The predicted molar refractivity (Wildman–Crippen MR) is 440 cm³/mol. The highest BCUT2D eigenvalue weighted by Gasteiger charge is 2.21. The molecule has 508 valence electrons. The Labute approximate surface area is 621 Å². The molecule has 0 fully saturated rings. The number of benzene rings is 9. The van der Waals surface area contributed by atoms with Crippen molar-refractivity contribution in [2.75, 3.05) is 0 Å². The first-order valence-electron chi connectivity index (χ1n) is 36.2. The van der Waals surface area contributed by atoms with Gasteiger partial charge in [-0.3, -0.25) is 19.9 Å². The number of para-hydroxylation sites is 2. The van der Waals surface area contributed by atoms with Crippen LogP contribution in [0.1, 0.15) is 11.1 Å². The Morgan fingerprint density at radius 1 is 0.204 bits per heavy atom. The van der Waals surface area contributed by atoms with E-state index < -0.39 is 0 Å². The number of hydrogen-bond donors (Lipinski definition) is 0. The quantitative estimate of drug-likeness (QED) is 0.125. The van der Waals surface area contributed by atoms with Crippen molar-refractivity contribution in [1.82, 2.24) is 58.1 Å². The van der Waals surface area contributed by atoms with E-state index in [0.717, 1.165) is 173 Å². The van der Waals surface area contributed by atoms with Gasteiger partial charge in [0, 0.05) is 115 Å². The highest BCUT2D eigenvalue weighted by molar-refractivity contribution is 6.11. The maximum atomic E-state index is 5.24. The summed E-state index contributed by atoms with van der Waals surface area (Å²) in [5.74, 6) is 0. The number of rotatable bonds is 11. The fourth-order valence-corrected chi connectivity index (χ4v) is 15.6. The van der Waals surface area contributed by atoms with Crippen LogP contribution in [-0.4, -0.2) is 58.1 Å². The Hall–Kier alpha value is -14.6. The molecule has 0 amide bonds. The molecule has 12 heterocycles. The Morgan fingerprint density at radius 2 is 0.583 bits per heavy atom. The van der Waals surface area contributed by atoms with Crippen LogP contribution in [0.2, 0.25) is 0 Å². The molecule has 12 aromatic heterocycles. The van der Waals surface area contributed by atoms with Gasteiger partial charge in [-0.15, -0.1) is 0 Å². The highest BCUT2D eigenvalue weighted by atomic mass is 15.0. The number of nitrogens with zero attached hydrogens (tertiary/aromatic N) is 12. The van der Waals surface area contributed by atoms with E-state index in [4.69, 9.17) is 29.9 Å². The number of hydrogen-bond acceptors (Lipinski definition) is 8. The summed E-state index contributed by atoms with van der Waals surface area (Å²) >= 11 is 0. The Balaban J connectivity index is 0.000000143. The number of aromatic nitrogens is 12. The standard InChI is InChI=1S/C50H32N6.C46H32N6/c1-2-12-33(13-3-1)35-30-36(32-38(31-35)56-46-21-7-5-15-40(46)50-48(56)23-11-29-52-50)42-17-9-19-44(54-42)43-18-8-16-41(53-43)34-24-26-37(27-25-34)55-45-20-6-4-14-39(45)49-47(55)22-10-28-51-49;1-29-12-18-43-35(24-29)37-27-47-22-20-45(37)51(43)33-16-14-31(15-17-33)39-8-4-10-41(49-39)42-11-5-9-40(50-42)32-6-3-7-34(26-32)52-44-19-13-30(2)25-36(44)38-28-48-23-21-46(38)52/h1-32H;3-28H,1-2H3. The zero-order valence-corrected chi connectivity index (χ0v) is 58.9. The first kappa shape index (κ1) is 63.1. The Bertz CT molecular complexity index is 6980. The number of aryl methyl sites for hydroxylation is 2. The largest absolute Gasteiger partial charge is 0.309 e. The van der Waals surface area contributed by atoms with Gasteiger partial charge in [-0.25, -0.2) is 19.9 Å². The summed E-state index contributed by atoms with van der Waals surface area (Å²) in [4.78, 5) is 38.9. The van der Waals surface area contributed by atoms with Crippen LogP contribution in [0.4, 0.5) is 0 Å². The van der Waals surface area contributed by atoms with Crippen molar-refractivity contribution in [3.63, 3.8) is 0 Å². The zero-order chi connectivity index (χ0) is 71.8. The maximum Gasteiger partial charge on any atom is 0.0963 e. The first-order chi connectivity index (χ1) is 53.3. The molecule has 0 spiro atoms. The Kier molecular flexibility index (Phi) is 15.3. The predicted octanol–water partition coefficient (Wildman–Crippen LogP) is 23.2. The first-order valence-corrected chi connectivity index (χ1v) is 36.2. The summed E-state index contributed by atoms with van der Waals surface area (Å²) in [6, 6.07) is 110. The SMILES string of the molecule is Cc1ccc2c(c1)c1cnccc1n2-c1ccc(-c2cccc(-c3cccc(-c4cccc(-n5c6ccncc6c6cc(C)ccc65)c4)n3)n2)cc1.c1ccc(-c2cc(-c3cccc(-c4cccc(-c5ccc(-n6c7ccccc7c7ncccc76)cc5)n4)n3)cc(-n3c4ccccc4c4ncccc43)c2)cc1. The van der Waals surface area contributed by atoms with Gasteiger partial charge in [0.1, 0.15) is 0 Å².